The summed E-state index contributed by atoms with van der Waals surface area (Å²) in [4.78, 5) is 16.7. The van der Waals surface area contributed by atoms with E-state index < -0.39 is 0 Å². The summed E-state index contributed by atoms with van der Waals surface area (Å²) in [6.07, 6.45) is 11.5. The van der Waals surface area contributed by atoms with Crippen LogP contribution < -0.4 is 5.32 Å². The number of allylic oxidation sites excluding steroid dienone is 1. The second-order valence-electron chi connectivity index (χ2n) is 5.90. The topological polar surface area (TPSA) is 35.6 Å². The fraction of sp³-hybridized carbons (Fsp3) is 0.812. The van der Waals surface area contributed by atoms with Crippen LogP contribution in [0, 0.1) is 0 Å². The van der Waals surface area contributed by atoms with Crippen molar-refractivity contribution in [2.45, 2.75) is 51.5 Å². The lowest BCUT2D eigenvalue weighted by molar-refractivity contribution is 0.193. The number of urea groups is 1. The molecule has 4 heteroatoms. The first kappa shape index (κ1) is 15.4. The zero-order chi connectivity index (χ0) is 14.2. The highest BCUT2D eigenvalue weighted by atomic mass is 16.2. The number of amides is 2. The molecule has 114 valence electrons. The molecular weight excluding hydrogens is 250 g/mol. The molecule has 2 amide bonds. The Morgan fingerprint density at radius 1 is 1.35 bits per heavy atom. The summed E-state index contributed by atoms with van der Waals surface area (Å²) in [7, 11) is 0. The second-order valence-corrected chi connectivity index (χ2v) is 5.90. The van der Waals surface area contributed by atoms with E-state index >= 15 is 0 Å². The normalized spacial score (nSPS) is 22.9. The van der Waals surface area contributed by atoms with Crippen molar-refractivity contribution >= 4 is 6.03 Å². The zero-order valence-electron chi connectivity index (χ0n) is 12.8. The van der Waals surface area contributed by atoms with Crippen molar-refractivity contribution in [3.05, 3.63) is 12.2 Å². The molecule has 2 aliphatic rings. The van der Waals surface area contributed by atoms with Gasteiger partial charge in [0.1, 0.15) is 0 Å². The van der Waals surface area contributed by atoms with Crippen molar-refractivity contribution in [2.24, 2.45) is 0 Å². The molecule has 1 saturated heterocycles. The van der Waals surface area contributed by atoms with E-state index in [9.17, 15) is 4.79 Å². The molecule has 0 aromatic carbocycles. The minimum atomic E-state index is 0.102. The first-order chi connectivity index (χ1) is 9.79. The molecule has 0 saturated carbocycles. The van der Waals surface area contributed by atoms with Crippen LogP contribution in [0.2, 0.25) is 0 Å². The molecule has 4 nitrogen and oxygen atoms in total. The van der Waals surface area contributed by atoms with Crippen LogP contribution in [0.5, 0.6) is 0 Å². The SMILES string of the molecule is CCN(CCCN1CCCC1)C(=O)N[C@@H]1C=CCCC1. The minimum absolute atomic E-state index is 0.102. The molecule has 1 atom stereocenters. The Kier molecular flexibility index (Phi) is 6.37. The van der Waals surface area contributed by atoms with Gasteiger partial charge in [-0.25, -0.2) is 4.79 Å². The number of carbonyl (C=O) groups is 1. The van der Waals surface area contributed by atoms with Crippen LogP contribution in [-0.4, -0.2) is 54.6 Å². The molecule has 1 N–H and O–H groups in total. The standard InChI is InChI=1S/C16H29N3O/c1-2-19(14-8-13-18-11-6-7-12-18)16(20)17-15-9-4-3-5-10-15/h4,9,15H,2-3,5-8,10-14H2,1H3,(H,17,20)/t15-/m1/s1. The highest BCUT2D eigenvalue weighted by Gasteiger charge is 2.17. The van der Waals surface area contributed by atoms with Crippen molar-refractivity contribution in [3.8, 4) is 0 Å². The molecule has 0 radical (unpaired) electrons. The summed E-state index contributed by atoms with van der Waals surface area (Å²) < 4.78 is 0. The van der Waals surface area contributed by atoms with Gasteiger partial charge in [-0.2, -0.15) is 0 Å². The highest BCUT2D eigenvalue weighted by Crippen LogP contribution is 2.11. The van der Waals surface area contributed by atoms with Crippen LogP contribution in [0.15, 0.2) is 12.2 Å². The van der Waals surface area contributed by atoms with E-state index in [-0.39, 0.29) is 12.1 Å². The van der Waals surface area contributed by atoms with E-state index in [0.29, 0.717) is 0 Å². The van der Waals surface area contributed by atoms with Crippen molar-refractivity contribution < 1.29 is 4.79 Å². The first-order valence-electron chi connectivity index (χ1n) is 8.24. The summed E-state index contributed by atoms with van der Waals surface area (Å²) in [5.41, 5.74) is 0. The van der Waals surface area contributed by atoms with Gasteiger partial charge in [0.25, 0.3) is 0 Å². The van der Waals surface area contributed by atoms with Crippen molar-refractivity contribution in [2.75, 3.05) is 32.7 Å². The molecule has 1 fully saturated rings. The Bertz CT molecular complexity index is 324. The molecule has 1 aliphatic heterocycles. The number of likely N-dealkylation sites (tertiary alicyclic amines) is 1. The fourth-order valence-electron chi connectivity index (χ4n) is 3.08. The molecule has 2 rings (SSSR count). The van der Waals surface area contributed by atoms with E-state index in [1.165, 1.54) is 32.4 Å². The second kappa shape index (κ2) is 8.30. The smallest absolute Gasteiger partial charge is 0.317 e. The molecule has 0 unspecified atom stereocenters. The van der Waals surface area contributed by atoms with Gasteiger partial charge in [0, 0.05) is 19.1 Å². The summed E-state index contributed by atoms with van der Waals surface area (Å²) in [6, 6.07) is 0.342. The van der Waals surface area contributed by atoms with Gasteiger partial charge in [-0.15, -0.1) is 0 Å². The van der Waals surface area contributed by atoms with E-state index in [4.69, 9.17) is 0 Å². The first-order valence-corrected chi connectivity index (χ1v) is 8.24. The maximum atomic E-state index is 12.2. The van der Waals surface area contributed by atoms with Gasteiger partial charge >= 0.3 is 6.03 Å². The number of hydrogen-bond donors (Lipinski definition) is 1. The number of rotatable bonds is 6. The molecule has 1 heterocycles. The van der Waals surface area contributed by atoms with Gasteiger partial charge in [-0.1, -0.05) is 12.2 Å². The van der Waals surface area contributed by atoms with Crippen LogP contribution in [0.3, 0.4) is 0 Å². The monoisotopic (exact) mass is 279 g/mol. The predicted molar refractivity (Wildman–Crippen MR) is 82.8 cm³/mol. The van der Waals surface area contributed by atoms with Gasteiger partial charge in [0.2, 0.25) is 0 Å². The number of nitrogens with one attached hydrogen (secondary N) is 1. The lowest BCUT2D eigenvalue weighted by Gasteiger charge is -2.26. The van der Waals surface area contributed by atoms with E-state index in [1.807, 2.05) is 4.90 Å². The van der Waals surface area contributed by atoms with E-state index in [2.05, 4.69) is 29.3 Å². The molecule has 0 aromatic heterocycles. The Hall–Kier alpha value is -1.03. The average Bonchev–Trinajstić information content (AvgIpc) is 2.98. The Labute approximate surface area is 123 Å². The Morgan fingerprint density at radius 3 is 2.80 bits per heavy atom. The Balaban J connectivity index is 1.67. The van der Waals surface area contributed by atoms with E-state index in [1.54, 1.807) is 0 Å². The van der Waals surface area contributed by atoms with Gasteiger partial charge in [-0.05, 0) is 65.1 Å². The quantitative estimate of drug-likeness (QED) is 0.759. The molecular formula is C16H29N3O. The lowest BCUT2D eigenvalue weighted by atomic mass is 10.0. The van der Waals surface area contributed by atoms with Crippen LogP contribution >= 0.6 is 0 Å². The fourth-order valence-corrected chi connectivity index (χ4v) is 3.08. The van der Waals surface area contributed by atoms with E-state index in [0.717, 1.165) is 38.9 Å². The number of hydrogen-bond acceptors (Lipinski definition) is 2. The molecule has 20 heavy (non-hydrogen) atoms. The minimum Gasteiger partial charge on any atom is -0.332 e. The maximum Gasteiger partial charge on any atom is 0.317 e. The van der Waals surface area contributed by atoms with Gasteiger partial charge in [0.05, 0.1) is 0 Å². The van der Waals surface area contributed by atoms with Crippen molar-refractivity contribution in [3.63, 3.8) is 0 Å². The van der Waals surface area contributed by atoms with Gasteiger partial charge in [-0.3, -0.25) is 0 Å². The number of carbonyl (C=O) groups excluding carboxylic acids is 1. The Morgan fingerprint density at radius 2 is 2.15 bits per heavy atom. The third-order valence-electron chi connectivity index (χ3n) is 4.33. The summed E-state index contributed by atoms with van der Waals surface area (Å²) in [5, 5.41) is 3.13. The molecule has 1 aliphatic carbocycles. The van der Waals surface area contributed by atoms with Crippen molar-refractivity contribution in [1.29, 1.82) is 0 Å². The van der Waals surface area contributed by atoms with Crippen LogP contribution in [0.25, 0.3) is 0 Å². The summed E-state index contributed by atoms with van der Waals surface area (Å²) in [5.74, 6) is 0. The summed E-state index contributed by atoms with van der Waals surface area (Å²) in [6.45, 7) is 7.34. The highest BCUT2D eigenvalue weighted by molar-refractivity contribution is 5.74. The molecule has 0 aromatic rings. The summed E-state index contributed by atoms with van der Waals surface area (Å²) >= 11 is 0. The predicted octanol–water partition coefficient (Wildman–Crippen LogP) is 2.61. The van der Waals surface area contributed by atoms with Crippen LogP contribution in [0.1, 0.15) is 45.4 Å². The largest absolute Gasteiger partial charge is 0.332 e. The van der Waals surface area contributed by atoms with Gasteiger partial charge < -0.3 is 15.1 Å². The van der Waals surface area contributed by atoms with Gasteiger partial charge in [0.15, 0.2) is 0 Å². The molecule has 0 spiro atoms. The van der Waals surface area contributed by atoms with Crippen LogP contribution in [-0.2, 0) is 0 Å². The third kappa shape index (κ3) is 4.82. The third-order valence-corrected chi connectivity index (χ3v) is 4.33. The lowest BCUT2D eigenvalue weighted by Crippen LogP contribution is -2.45. The van der Waals surface area contributed by atoms with Crippen LogP contribution in [0.4, 0.5) is 4.79 Å². The average molecular weight is 279 g/mol. The zero-order valence-corrected chi connectivity index (χ0v) is 12.8. The van der Waals surface area contributed by atoms with Crippen molar-refractivity contribution in [1.82, 2.24) is 15.1 Å². The number of nitrogens with zero attached hydrogens (tertiary/aromatic N) is 2. The maximum absolute atomic E-state index is 12.2. The molecule has 0 bridgehead atoms.